The number of carbonyl (C=O) groups is 1. The maximum Gasteiger partial charge on any atom is 0.232 e. The van der Waals surface area contributed by atoms with Gasteiger partial charge in [-0.25, -0.2) is 0 Å². The SMILES string of the molecule is C[N+]1(CCC(C(N)=O)(c2ccccc2)c2ccccc2)CCCCC1.[Br-]. The van der Waals surface area contributed by atoms with E-state index in [4.69, 9.17) is 5.73 Å². The third kappa shape index (κ3) is 4.18. The van der Waals surface area contributed by atoms with E-state index in [0.29, 0.717) is 0 Å². The summed E-state index contributed by atoms with van der Waals surface area (Å²) in [7, 11) is 2.32. The average molecular weight is 417 g/mol. The van der Waals surface area contributed by atoms with Gasteiger partial charge in [-0.2, -0.15) is 0 Å². The molecule has 0 radical (unpaired) electrons. The molecule has 1 heterocycles. The summed E-state index contributed by atoms with van der Waals surface area (Å²) < 4.78 is 1.04. The lowest BCUT2D eigenvalue weighted by Crippen LogP contribution is -3.00. The van der Waals surface area contributed by atoms with Gasteiger partial charge in [0.2, 0.25) is 5.91 Å². The number of likely N-dealkylation sites (tertiary alicyclic amines) is 1. The van der Waals surface area contributed by atoms with E-state index in [1.54, 1.807) is 0 Å². The van der Waals surface area contributed by atoms with E-state index in [9.17, 15) is 4.79 Å². The number of nitrogens with two attached hydrogens (primary N) is 1. The molecule has 2 aromatic rings. The highest BCUT2D eigenvalue weighted by atomic mass is 79.9. The molecule has 3 rings (SSSR count). The Bertz CT molecular complexity index is 657. The quantitative estimate of drug-likeness (QED) is 0.683. The molecule has 1 fully saturated rings. The zero-order chi connectivity index (χ0) is 17.8. The second-order valence-electron chi connectivity index (χ2n) is 7.60. The topological polar surface area (TPSA) is 43.1 Å². The molecule has 1 aliphatic rings. The summed E-state index contributed by atoms with van der Waals surface area (Å²) in [6, 6.07) is 20.1. The first-order valence-corrected chi connectivity index (χ1v) is 9.31. The van der Waals surface area contributed by atoms with Crippen LogP contribution in [0.5, 0.6) is 0 Å². The van der Waals surface area contributed by atoms with Crippen molar-refractivity contribution in [1.82, 2.24) is 0 Å². The van der Waals surface area contributed by atoms with Crippen LogP contribution in [0.1, 0.15) is 36.8 Å². The molecule has 0 atom stereocenters. The van der Waals surface area contributed by atoms with Crippen LogP contribution in [0, 0.1) is 0 Å². The van der Waals surface area contributed by atoms with E-state index >= 15 is 0 Å². The third-order valence-electron chi connectivity index (χ3n) is 5.88. The van der Waals surface area contributed by atoms with Crippen LogP contribution in [0.4, 0.5) is 0 Å². The van der Waals surface area contributed by atoms with Crippen molar-refractivity contribution in [3.63, 3.8) is 0 Å². The maximum atomic E-state index is 12.8. The molecule has 2 aromatic carbocycles. The number of halogens is 1. The zero-order valence-corrected chi connectivity index (χ0v) is 17.1. The molecule has 2 N–H and O–H groups in total. The van der Waals surface area contributed by atoms with E-state index in [1.165, 1.54) is 32.4 Å². The standard InChI is InChI=1S/C22H28N2O.BrH/c1-24(16-9-4-10-17-24)18-15-22(21(23)25,19-11-5-2-6-12-19)20-13-7-3-8-14-20;/h2-3,5-8,11-14H,4,9-10,15-18H2,1H3,(H-,23,25);1H. The van der Waals surface area contributed by atoms with E-state index in [-0.39, 0.29) is 22.9 Å². The van der Waals surface area contributed by atoms with E-state index in [0.717, 1.165) is 28.6 Å². The number of hydrogen-bond acceptors (Lipinski definition) is 1. The fourth-order valence-corrected chi connectivity index (χ4v) is 4.25. The molecule has 0 aromatic heterocycles. The third-order valence-corrected chi connectivity index (χ3v) is 5.88. The average Bonchev–Trinajstić information content (AvgIpc) is 2.64. The molecule has 0 unspecified atom stereocenters. The van der Waals surface area contributed by atoms with Crippen LogP contribution in [-0.4, -0.2) is 37.1 Å². The minimum atomic E-state index is -0.763. The highest BCUT2D eigenvalue weighted by Crippen LogP contribution is 2.37. The Kier molecular flexibility index (Phi) is 7.01. The van der Waals surface area contributed by atoms with Gasteiger partial charge in [0.15, 0.2) is 0 Å². The van der Waals surface area contributed by atoms with Crippen LogP contribution >= 0.6 is 0 Å². The Morgan fingerprint density at radius 2 is 1.38 bits per heavy atom. The summed E-state index contributed by atoms with van der Waals surface area (Å²) in [6.07, 6.45) is 4.62. The summed E-state index contributed by atoms with van der Waals surface area (Å²) in [5.41, 5.74) is 7.28. The van der Waals surface area contributed by atoms with Gasteiger partial charge in [0.25, 0.3) is 0 Å². The molecular formula is C22H29BrN2O. The number of carbonyl (C=O) groups excluding carboxylic acids is 1. The number of primary amides is 1. The number of amides is 1. The number of quaternary nitrogens is 1. The number of hydrogen-bond donors (Lipinski definition) is 1. The minimum absolute atomic E-state index is 0. The van der Waals surface area contributed by atoms with Gasteiger partial charge in [-0.1, -0.05) is 60.7 Å². The molecule has 140 valence electrons. The zero-order valence-electron chi connectivity index (χ0n) is 15.5. The fourth-order valence-electron chi connectivity index (χ4n) is 4.25. The fraction of sp³-hybridized carbons (Fsp3) is 0.409. The molecular weight excluding hydrogens is 388 g/mol. The van der Waals surface area contributed by atoms with E-state index < -0.39 is 5.41 Å². The first-order chi connectivity index (χ1) is 12.1. The number of piperidine rings is 1. The number of rotatable bonds is 6. The smallest absolute Gasteiger partial charge is 0.232 e. The Morgan fingerprint density at radius 1 is 0.923 bits per heavy atom. The molecule has 1 aliphatic heterocycles. The van der Waals surface area contributed by atoms with Crippen molar-refractivity contribution < 1.29 is 26.3 Å². The lowest BCUT2D eigenvalue weighted by molar-refractivity contribution is -0.914. The largest absolute Gasteiger partial charge is 1.00 e. The van der Waals surface area contributed by atoms with Crippen LogP contribution in [0.25, 0.3) is 0 Å². The van der Waals surface area contributed by atoms with Crippen LogP contribution in [0.15, 0.2) is 60.7 Å². The first kappa shape index (κ1) is 20.7. The van der Waals surface area contributed by atoms with Crippen LogP contribution in [0.3, 0.4) is 0 Å². The normalized spacial score (nSPS) is 16.5. The molecule has 26 heavy (non-hydrogen) atoms. The molecule has 1 amide bonds. The summed E-state index contributed by atoms with van der Waals surface area (Å²) in [6.45, 7) is 3.35. The van der Waals surface area contributed by atoms with Crippen molar-refractivity contribution in [1.29, 1.82) is 0 Å². The lowest BCUT2D eigenvalue weighted by Gasteiger charge is -2.41. The van der Waals surface area contributed by atoms with Gasteiger partial charge in [0.05, 0.1) is 26.7 Å². The lowest BCUT2D eigenvalue weighted by atomic mass is 9.71. The Balaban J connectivity index is 0.00000243. The molecule has 0 bridgehead atoms. The van der Waals surface area contributed by atoms with Gasteiger partial charge in [-0.15, -0.1) is 0 Å². The van der Waals surface area contributed by atoms with Gasteiger partial charge in [-0.05, 0) is 30.4 Å². The highest BCUT2D eigenvalue weighted by molar-refractivity contribution is 5.90. The molecule has 0 saturated carbocycles. The molecule has 4 heteroatoms. The summed E-state index contributed by atoms with van der Waals surface area (Å²) in [5.74, 6) is -0.256. The maximum absolute atomic E-state index is 12.8. The van der Waals surface area contributed by atoms with Crippen molar-refractivity contribution in [2.75, 3.05) is 26.7 Å². The minimum Gasteiger partial charge on any atom is -1.00 e. The summed E-state index contributed by atoms with van der Waals surface area (Å²) >= 11 is 0. The highest BCUT2D eigenvalue weighted by Gasteiger charge is 2.42. The predicted molar refractivity (Wildman–Crippen MR) is 102 cm³/mol. The monoisotopic (exact) mass is 416 g/mol. The van der Waals surface area contributed by atoms with Crippen LogP contribution in [-0.2, 0) is 10.2 Å². The second kappa shape index (κ2) is 8.83. The van der Waals surface area contributed by atoms with Gasteiger partial charge < -0.3 is 27.2 Å². The van der Waals surface area contributed by atoms with Gasteiger partial charge in [0.1, 0.15) is 5.41 Å². The second-order valence-corrected chi connectivity index (χ2v) is 7.60. The summed E-state index contributed by atoms with van der Waals surface area (Å²) in [4.78, 5) is 12.8. The molecule has 3 nitrogen and oxygen atoms in total. The number of benzene rings is 2. The van der Waals surface area contributed by atoms with Crippen LogP contribution in [0.2, 0.25) is 0 Å². The van der Waals surface area contributed by atoms with E-state index in [2.05, 4.69) is 7.05 Å². The van der Waals surface area contributed by atoms with Gasteiger partial charge in [0, 0.05) is 6.42 Å². The molecule has 0 aliphatic carbocycles. The van der Waals surface area contributed by atoms with Gasteiger partial charge in [-0.3, -0.25) is 4.79 Å². The Labute approximate surface area is 167 Å². The van der Waals surface area contributed by atoms with Crippen molar-refractivity contribution in [3.8, 4) is 0 Å². The predicted octanol–water partition coefficient (Wildman–Crippen LogP) is 0.483. The van der Waals surface area contributed by atoms with Crippen LogP contribution < -0.4 is 22.7 Å². The van der Waals surface area contributed by atoms with Gasteiger partial charge >= 0.3 is 0 Å². The first-order valence-electron chi connectivity index (χ1n) is 9.31. The van der Waals surface area contributed by atoms with Crippen molar-refractivity contribution >= 4 is 5.91 Å². The Morgan fingerprint density at radius 3 is 1.81 bits per heavy atom. The number of nitrogens with zero attached hydrogens (tertiary/aromatic N) is 1. The van der Waals surface area contributed by atoms with E-state index in [1.807, 2.05) is 60.7 Å². The molecule has 0 spiro atoms. The van der Waals surface area contributed by atoms with Crippen molar-refractivity contribution in [2.45, 2.75) is 31.1 Å². The van der Waals surface area contributed by atoms with Crippen molar-refractivity contribution in [2.24, 2.45) is 5.73 Å². The molecule has 1 saturated heterocycles. The van der Waals surface area contributed by atoms with Crippen molar-refractivity contribution in [3.05, 3.63) is 71.8 Å². The Hall–Kier alpha value is -1.65. The summed E-state index contributed by atoms with van der Waals surface area (Å²) in [5, 5.41) is 0.